The third-order valence-electron chi connectivity index (χ3n) is 2.58. The van der Waals surface area contributed by atoms with Crippen molar-refractivity contribution < 1.29 is 0 Å². The van der Waals surface area contributed by atoms with E-state index >= 15 is 0 Å². The Labute approximate surface area is 139 Å². The Kier molecular flexibility index (Phi) is 4.48. The van der Waals surface area contributed by atoms with Crippen LogP contribution in [0.1, 0.15) is 0 Å². The largest absolute Gasteiger partial charge is 0.245 e. The van der Waals surface area contributed by atoms with Crippen molar-refractivity contribution in [3.8, 4) is 11.4 Å². The molecular weight excluding hydrogens is 372 g/mol. The van der Waals surface area contributed by atoms with E-state index in [9.17, 15) is 0 Å². The molecule has 0 fully saturated rings. The molecule has 1 aromatic carbocycles. The molecule has 0 bridgehead atoms. The van der Waals surface area contributed by atoms with Gasteiger partial charge < -0.3 is 0 Å². The van der Waals surface area contributed by atoms with Gasteiger partial charge in [0.2, 0.25) is 0 Å². The summed E-state index contributed by atoms with van der Waals surface area (Å²) in [7, 11) is 0. The summed E-state index contributed by atoms with van der Waals surface area (Å²) in [4.78, 5) is 17.8. The highest BCUT2D eigenvalue weighted by molar-refractivity contribution is 9.10. The van der Waals surface area contributed by atoms with Gasteiger partial charge in [0.1, 0.15) is 9.63 Å². The lowest BCUT2D eigenvalue weighted by molar-refractivity contribution is 1.03. The van der Waals surface area contributed by atoms with Crippen molar-refractivity contribution in [1.29, 1.82) is 0 Å². The Balaban J connectivity index is 1.95. The molecule has 3 aromatic rings. The van der Waals surface area contributed by atoms with Crippen LogP contribution in [0, 0.1) is 0 Å². The fourth-order valence-corrected chi connectivity index (χ4v) is 2.98. The zero-order chi connectivity index (χ0) is 14.7. The van der Waals surface area contributed by atoms with Crippen LogP contribution in [0.4, 0.5) is 0 Å². The summed E-state index contributed by atoms with van der Waals surface area (Å²) < 4.78 is 0.699. The molecule has 2 aromatic heterocycles. The third kappa shape index (κ3) is 3.40. The molecular formula is C14H8BrClN4S. The van der Waals surface area contributed by atoms with Gasteiger partial charge in [0, 0.05) is 22.9 Å². The zero-order valence-electron chi connectivity index (χ0n) is 10.6. The van der Waals surface area contributed by atoms with E-state index in [0.29, 0.717) is 15.5 Å². The predicted molar refractivity (Wildman–Crippen MR) is 86.3 cm³/mol. The molecule has 0 unspecified atom stereocenters. The van der Waals surface area contributed by atoms with Crippen LogP contribution in [0.25, 0.3) is 11.4 Å². The van der Waals surface area contributed by atoms with Gasteiger partial charge in [-0.3, -0.25) is 0 Å². The summed E-state index contributed by atoms with van der Waals surface area (Å²) in [6.45, 7) is 0. The smallest absolute Gasteiger partial charge is 0.160 e. The van der Waals surface area contributed by atoms with Gasteiger partial charge in [0.05, 0.1) is 17.4 Å². The van der Waals surface area contributed by atoms with Gasteiger partial charge in [-0.1, -0.05) is 29.4 Å². The van der Waals surface area contributed by atoms with Crippen molar-refractivity contribution in [2.75, 3.05) is 0 Å². The monoisotopic (exact) mass is 378 g/mol. The highest BCUT2D eigenvalue weighted by Gasteiger charge is 2.11. The van der Waals surface area contributed by atoms with Crippen LogP contribution >= 0.6 is 39.3 Å². The van der Waals surface area contributed by atoms with Gasteiger partial charge in [-0.15, -0.1) is 0 Å². The van der Waals surface area contributed by atoms with Gasteiger partial charge >= 0.3 is 0 Å². The Morgan fingerprint density at radius 2 is 1.76 bits per heavy atom. The normalized spacial score (nSPS) is 10.6. The molecule has 3 rings (SSSR count). The first-order valence-electron chi connectivity index (χ1n) is 5.95. The van der Waals surface area contributed by atoms with Gasteiger partial charge in [0.25, 0.3) is 0 Å². The summed E-state index contributed by atoms with van der Waals surface area (Å²) in [5, 5.41) is 1.38. The first kappa shape index (κ1) is 14.4. The van der Waals surface area contributed by atoms with E-state index in [0.717, 1.165) is 15.5 Å². The number of nitrogens with zero attached hydrogens (tertiary/aromatic N) is 4. The van der Waals surface area contributed by atoms with Gasteiger partial charge in [0.15, 0.2) is 5.82 Å². The third-order valence-corrected chi connectivity index (χ3v) is 4.49. The molecule has 0 spiro atoms. The molecule has 104 valence electrons. The first-order chi connectivity index (χ1) is 10.2. The van der Waals surface area contributed by atoms with Crippen molar-refractivity contribution in [2.45, 2.75) is 9.92 Å². The molecule has 0 saturated carbocycles. The van der Waals surface area contributed by atoms with Gasteiger partial charge in [-0.2, -0.15) is 0 Å². The molecule has 4 nitrogen and oxygen atoms in total. The second-order valence-electron chi connectivity index (χ2n) is 3.97. The van der Waals surface area contributed by atoms with E-state index in [-0.39, 0.29) is 0 Å². The molecule has 2 heterocycles. The van der Waals surface area contributed by atoms with Crippen LogP contribution in [-0.2, 0) is 0 Å². The van der Waals surface area contributed by atoms with E-state index in [1.54, 1.807) is 30.9 Å². The molecule has 7 heteroatoms. The van der Waals surface area contributed by atoms with Gasteiger partial charge in [-0.25, -0.2) is 19.9 Å². The summed E-state index contributed by atoms with van der Waals surface area (Å²) in [5.41, 5.74) is 0.798. The molecule has 0 amide bonds. The summed E-state index contributed by atoms with van der Waals surface area (Å²) in [6.07, 6.45) is 6.73. The molecule has 21 heavy (non-hydrogen) atoms. The summed E-state index contributed by atoms with van der Waals surface area (Å²) in [6, 6.07) is 7.53. The van der Waals surface area contributed by atoms with Gasteiger partial charge in [-0.05, 0) is 34.1 Å². The molecule has 0 radical (unpaired) electrons. The molecule has 0 aliphatic carbocycles. The van der Waals surface area contributed by atoms with Crippen molar-refractivity contribution in [1.82, 2.24) is 19.9 Å². The van der Waals surface area contributed by atoms with E-state index in [1.165, 1.54) is 11.8 Å². The maximum atomic E-state index is 6.47. The van der Waals surface area contributed by atoms with Crippen LogP contribution in [0.15, 0.2) is 63.6 Å². The molecule has 0 aliphatic heterocycles. The van der Waals surface area contributed by atoms with Crippen LogP contribution in [0.3, 0.4) is 0 Å². The molecule has 0 saturated heterocycles. The lowest BCUT2D eigenvalue weighted by Gasteiger charge is -2.07. The lowest BCUT2D eigenvalue weighted by Crippen LogP contribution is -1.89. The maximum absolute atomic E-state index is 6.47. The van der Waals surface area contributed by atoms with Crippen molar-refractivity contribution in [2.24, 2.45) is 0 Å². The number of rotatable bonds is 3. The van der Waals surface area contributed by atoms with E-state index in [1.807, 2.05) is 18.2 Å². The Morgan fingerprint density at radius 1 is 0.952 bits per heavy atom. The van der Waals surface area contributed by atoms with Crippen LogP contribution < -0.4 is 0 Å². The van der Waals surface area contributed by atoms with Crippen LogP contribution in [0.2, 0.25) is 5.02 Å². The fourth-order valence-electron chi connectivity index (χ4n) is 1.67. The minimum atomic E-state index is 0.604. The highest BCUT2D eigenvalue weighted by atomic mass is 79.9. The van der Waals surface area contributed by atoms with Crippen molar-refractivity contribution in [3.05, 3.63) is 58.7 Å². The Hall–Kier alpha value is -1.50. The minimum absolute atomic E-state index is 0.604. The molecule has 0 atom stereocenters. The summed E-state index contributed by atoms with van der Waals surface area (Å²) in [5.74, 6) is 0.604. The summed E-state index contributed by atoms with van der Waals surface area (Å²) >= 11 is 11.2. The number of aromatic nitrogens is 4. The number of hydrogen-bond acceptors (Lipinski definition) is 5. The maximum Gasteiger partial charge on any atom is 0.160 e. The molecule has 0 N–H and O–H groups in total. The second-order valence-corrected chi connectivity index (χ2v) is 6.22. The van der Waals surface area contributed by atoms with Crippen molar-refractivity contribution >= 4 is 39.3 Å². The van der Waals surface area contributed by atoms with E-state index in [4.69, 9.17) is 11.6 Å². The quantitative estimate of drug-likeness (QED) is 0.670. The topological polar surface area (TPSA) is 51.6 Å². The lowest BCUT2D eigenvalue weighted by atomic mass is 10.2. The van der Waals surface area contributed by atoms with E-state index in [2.05, 4.69) is 35.9 Å². The Morgan fingerprint density at radius 3 is 2.48 bits per heavy atom. The average Bonchev–Trinajstić information content (AvgIpc) is 2.52. The Bertz CT molecular complexity index is 753. The minimum Gasteiger partial charge on any atom is -0.245 e. The number of benzene rings is 1. The zero-order valence-corrected chi connectivity index (χ0v) is 13.7. The SMILES string of the molecule is Clc1c(Sc2cnc(Br)cn2)cccc1-c1ncccn1. The van der Waals surface area contributed by atoms with Crippen LogP contribution in [0.5, 0.6) is 0 Å². The van der Waals surface area contributed by atoms with E-state index < -0.39 is 0 Å². The number of halogens is 2. The molecule has 0 aliphatic rings. The first-order valence-corrected chi connectivity index (χ1v) is 7.94. The second kappa shape index (κ2) is 6.51. The number of hydrogen-bond donors (Lipinski definition) is 0. The predicted octanol–water partition coefficient (Wildman–Crippen LogP) is 4.50. The van der Waals surface area contributed by atoms with Crippen molar-refractivity contribution in [3.63, 3.8) is 0 Å². The standard InChI is InChI=1S/C14H8BrClN4S/c15-11-7-20-12(8-19-11)21-10-4-1-3-9(13(10)16)14-17-5-2-6-18-14/h1-8H. The highest BCUT2D eigenvalue weighted by Crippen LogP contribution is 2.37. The average molecular weight is 380 g/mol. The van der Waals surface area contributed by atoms with Crippen LogP contribution in [-0.4, -0.2) is 19.9 Å². The fraction of sp³-hybridized carbons (Fsp3) is 0.